The molecule has 0 saturated heterocycles. The summed E-state index contributed by atoms with van der Waals surface area (Å²) in [6, 6.07) is 9.59. The molecule has 1 aromatic carbocycles. The van der Waals surface area contributed by atoms with Crippen molar-refractivity contribution in [2.75, 3.05) is 5.73 Å². The van der Waals surface area contributed by atoms with Crippen LogP contribution in [0.5, 0.6) is 0 Å². The van der Waals surface area contributed by atoms with Crippen molar-refractivity contribution >= 4 is 16.9 Å². The minimum atomic E-state index is 0.0470. The molecule has 5 heteroatoms. The summed E-state index contributed by atoms with van der Waals surface area (Å²) in [6.07, 6.45) is 1.44. The Balaban J connectivity index is 2.10. The fourth-order valence-corrected chi connectivity index (χ4v) is 1.90. The van der Waals surface area contributed by atoms with Crippen molar-refractivity contribution < 1.29 is 5.11 Å². The molecule has 0 saturated carbocycles. The van der Waals surface area contributed by atoms with E-state index >= 15 is 0 Å². The van der Waals surface area contributed by atoms with Crippen molar-refractivity contribution in [3.63, 3.8) is 0 Å². The first-order chi connectivity index (χ1) is 8.78. The second-order valence-corrected chi connectivity index (χ2v) is 4.06. The summed E-state index contributed by atoms with van der Waals surface area (Å²) < 4.78 is 0. The van der Waals surface area contributed by atoms with Gasteiger partial charge in [0.05, 0.1) is 12.0 Å². The number of aliphatic hydroxyl groups excluding tert-OH is 1. The maximum absolute atomic E-state index is 9.01. The molecule has 3 rings (SSSR count). The highest BCUT2D eigenvalue weighted by atomic mass is 16.3. The molecule has 2 aromatic heterocycles. The highest BCUT2D eigenvalue weighted by Gasteiger charge is 2.07. The molecule has 2 heterocycles. The van der Waals surface area contributed by atoms with E-state index in [1.807, 2.05) is 30.3 Å². The minimum Gasteiger partial charge on any atom is -0.392 e. The first-order valence-corrected chi connectivity index (χ1v) is 5.57. The van der Waals surface area contributed by atoms with Gasteiger partial charge in [-0.25, -0.2) is 9.97 Å². The molecule has 0 unspecified atom stereocenters. The van der Waals surface area contributed by atoms with E-state index in [2.05, 4.69) is 15.0 Å². The Hall–Kier alpha value is -2.40. The van der Waals surface area contributed by atoms with Crippen molar-refractivity contribution in [1.82, 2.24) is 15.0 Å². The van der Waals surface area contributed by atoms with Gasteiger partial charge in [-0.15, -0.1) is 0 Å². The SMILES string of the molecule is Nc1ncnc2[nH]c(-c3ccc(CO)cc3)cc12. The van der Waals surface area contributed by atoms with Crippen LogP contribution in [0.4, 0.5) is 5.82 Å². The number of fused-ring (bicyclic) bond motifs is 1. The Labute approximate surface area is 103 Å². The number of benzene rings is 1. The maximum atomic E-state index is 9.01. The molecule has 0 bridgehead atoms. The number of aliphatic hydroxyl groups is 1. The zero-order chi connectivity index (χ0) is 12.5. The molecule has 90 valence electrons. The van der Waals surface area contributed by atoms with Crippen LogP contribution in [0.2, 0.25) is 0 Å². The van der Waals surface area contributed by atoms with Crippen LogP contribution in [-0.2, 0) is 6.61 Å². The van der Waals surface area contributed by atoms with Crippen LogP contribution in [-0.4, -0.2) is 20.1 Å². The number of rotatable bonds is 2. The molecule has 0 fully saturated rings. The van der Waals surface area contributed by atoms with Crippen LogP contribution in [0.15, 0.2) is 36.7 Å². The Morgan fingerprint density at radius 1 is 1.17 bits per heavy atom. The summed E-state index contributed by atoms with van der Waals surface area (Å²) in [5.41, 5.74) is 9.35. The fourth-order valence-electron chi connectivity index (χ4n) is 1.90. The maximum Gasteiger partial charge on any atom is 0.143 e. The van der Waals surface area contributed by atoms with Gasteiger partial charge < -0.3 is 15.8 Å². The van der Waals surface area contributed by atoms with Crippen LogP contribution >= 0.6 is 0 Å². The predicted octanol–water partition coefficient (Wildman–Crippen LogP) is 1.70. The average molecular weight is 240 g/mol. The lowest BCUT2D eigenvalue weighted by molar-refractivity contribution is 0.282. The van der Waals surface area contributed by atoms with E-state index in [1.165, 1.54) is 6.33 Å². The molecule has 0 aliphatic rings. The summed E-state index contributed by atoms with van der Waals surface area (Å²) in [5, 5.41) is 9.83. The van der Waals surface area contributed by atoms with Crippen LogP contribution in [0.3, 0.4) is 0 Å². The van der Waals surface area contributed by atoms with Gasteiger partial charge in [-0.1, -0.05) is 24.3 Å². The first-order valence-electron chi connectivity index (χ1n) is 5.57. The fraction of sp³-hybridized carbons (Fsp3) is 0.0769. The smallest absolute Gasteiger partial charge is 0.143 e. The minimum absolute atomic E-state index is 0.0470. The highest BCUT2D eigenvalue weighted by Crippen LogP contribution is 2.25. The Bertz CT molecular complexity index is 688. The molecule has 4 N–H and O–H groups in total. The summed E-state index contributed by atoms with van der Waals surface area (Å²) in [6.45, 7) is 0.0470. The van der Waals surface area contributed by atoms with Crippen molar-refractivity contribution in [2.45, 2.75) is 6.61 Å². The molecular formula is C13H12N4O. The topological polar surface area (TPSA) is 87.8 Å². The standard InChI is InChI=1S/C13H12N4O/c14-12-10-5-11(17-13(10)16-7-15-12)9-3-1-8(6-18)2-4-9/h1-5,7,18H,6H2,(H3,14,15,16,17). The van der Waals surface area contributed by atoms with Gasteiger partial charge in [0.25, 0.3) is 0 Å². The highest BCUT2D eigenvalue weighted by molar-refractivity contribution is 5.90. The van der Waals surface area contributed by atoms with E-state index in [9.17, 15) is 0 Å². The van der Waals surface area contributed by atoms with E-state index in [0.717, 1.165) is 27.9 Å². The van der Waals surface area contributed by atoms with Gasteiger partial charge in [-0.05, 0) is 17.2 Å². The Morgan fingerprint density at radius 2 is 1.94 bits per heavy atom. The molecule has 0 radical (unpaired) electrons. The predicted molar refractivity (Wildman–Crippen MR) is 69.7 cm³/mol. The zero-order valence-corrected chi connectivity index (χ0v) is 9.59. The first kappa shape index (κ1) is 10.7. The normalized spacial score (nSPS) is 10.9. The van der Waals surface area contributed by atoms with Gasteiger partial charge in [-0.2, -0.15) is 0 Å². The number of nitrogen functional groups attached to an aromatic ring is 1. The molecule has 0 atom stereocenters. The summed E-state index contributed by atoms with van der Waals surface area (Å²) in [7, 11) is 0. The van der Waals surface area contributed by atoms with E-state index < -0.39 is 0 Å². The van der Waals surface area contributed by atoms with Crippen molar-refractivity contribution in [3.8, 4) is 11.3 Å². The third-order valence-electron chi connectivity index (χ3n) is 2.90. The van der Waals surface area contributed by atoms with Crippen molar-refractivity contribution in [2.24, 2.45) is 0 Å². The van der Waals surface area contributed by atoms with Gasteiger partial charge in [0.1, 0.15) is 17.8 Å². The van der Waals surface area contributed by atoms with E-state index in [0.29, 0.717) is 5.82 Å². The number of aromatic amines is 1. The lowest BCUT2D eigenvalue weighted by Gasteiger charge is -1.99. The van der Waals surface area contributed by atoms with Gasteiger partial charge in [0.15, 0.2) is 0 Å². The van der Waals surface area contributed by atoms with Gasteiger partial charge in [-0.3, -0.25) is 0 Å². The van der Waals surface area contributed by atoms with Crippen molar-refractivity contribution in [1.29, 1.82) is 0 Å². The molecule has 5 nitrogen and oxygen atoms in total. The van der Waals surface area contributed by atoms with Crippen LogP contribution in [0.1, 0.15) is 5.56 Å². The monoisotopic (exact) mass is 240 g/mol. The number of aromatic nitrogens is 3. The van der Waals surface area contributed by atoms with Gasteiger partial charge in [0.2, 0.25) is 0 Å². The number of hydrogen-bond donors (Lipinski definition) is 3. The zero-order valence-electron chi connectivity index (χ0n) is 9.59. The third-order valence-corrected chi connectivity index (χ3v) is 2.90. The Kier molecular flexibility index (Phi) is 2.46. The largest absolute Gasteiger partial charge is 0.392 e. The van der Waals surface area contributed by atoms with Crippen LogP contribution in [0.25, 0.3) is 22.3 Å². The molecule has 0 amide bonds. The molecule has 18 heavy (non-hydrogen) atoms. The number of nitrogens with one attached hydrogen (secondary N) is 1. The summed E-state index contributed by atoms with van der Waals surface area (Å²) >= 11 is 0. The molecular weight excluding hydrogens is 228 g/mol. The second-order valence-electron chi connectivity index (χ2n) is 4.06. The third kappa shape index (κ3) is 1.70. The van der Waals surface area contributed by atoms with Crippen molar-refractivity contribution in [3.05, 3.63) is 42.2 Å². The number of hydrogen-bond acceptors (Lipinski definition) is 4. The number of nitrogens with two attached hydrogens (primary N) is 1. The number of anilines is 1. The second kappa shape index (κ2) is 4.12. The lowest BCUT2D eigenvalue weighted by Crippen LogP contribution is -1.90. The summed E-state index contributed by atoms with van der Waals surface area (Å²) in [4.78, 5) is 11.3. The van der Waals surface area contributed by atoms with Crippen LogP contribution in [0, 0.1) is 0 Å². The van der Waals surface area contributed by atoms with Gasteiger partial charge >= 0.3 is 0 Å². The van der Waals surface area contributed by atoms with E-state index in [4.69, 9.17) is 10.8 Å². The lowest BCUT2D eigenvalue weighted by atomic mass is 10.1. The summed E-state index contributed by atoms with van der Waals surface area (Å²) in [5.74, 6) is 0.467. The van der Waals surface area contributed by atoms with E-state index in [1.54, 1.807) is 0 Å². The average Bonchev–Trinajstić information content (AvgIpc) is 2.84. The quantitative estimate of drug-likeness (QED) is 0.636. The van der Waals surface area contributed by atoms with Gasteiger partial charge in [0, 0.05) is 5.69 Å². The van der Waals surface area contributed by atoms with E-state index in [-0.39, 0.29) is 6.61 Å². The number of H-pyrrole nitrogens is 1. The molecule has 0 spiro atoms. The van der Waals surface area contributed by atoms with Crippen LogP contribution < -0.4 is 5.73 Å². The molecule has 0 aliphatic carbocycles. The molecule has 0 aliphatic heterocycles. The number of nitrogens with zero attached hydrogens (tertiary/aromatic N) is 2. The Morgan fingerprint density at radius 3 is 2.61 bits per heavy atom. The molecule has 3 aromatic rings.